The lowest BCUT2D eigenvalue weighted by molar-refractivity contribution is 0.102. The van der Waals surface area contributed by atoms with Crippen molar-refractivity contribution in [2.24, 2.45) is 5.73 Å². The molecule has 33 heavy (non-hydrogen) atoms. The minimum atomic E-state index is -0.174. The van der Waals surface area contributed by atoms with Gasteiger partial charge in [0, 0.05) is 39.1 Å². The maximum absolute atomic E-state index is 11.8. The predicted octanol–water partition coefficient (Wildman–Crippen LogP) is 5.70. The molecule has 4 heterocycles. The highest BCUT2D eigenvalue weighted by Gasteiger charge is 2.16. The molecule has 5 rings (SSSR count). The molecule has 166 valence electrons. The second-order valence-corrected chi connectivity index (χ2v) is 9.02. The van der Waals surface area contributed by atoms with Crippen LogP contribution in [-0.4, -0.2) is 28.4 Å². The molecule has 0 saturated carbocycles. The van der Waals surface area contributed by atoms with Gasteiger partial charge in [0.2, 0.25) is 0 Å². The number of Topliss-reactive ketones (excluding diaryl/α,β-unsaturated/α-hetero) is 1. The minimum Gasteiger partial charge on any atom is -0.490 e. The summed E-state index contributed by atoms with van der Waals surface area (Å²) in [6, 6.07) is 15.6. The van der Waals surface area contributed by atoms with Crippen LogP contribution < -0.4 is 10.5 Å². The molecule has 0 spiro atoms. The number of thiophene rings is 1. The molecular weight excluding hydrogens is 434 g/mol. The Morgan fingerprint density at radius 1 is 1.24 bits per heavy atom. The van der Waals surface area contributed by atoms with Crippen molar-refractivity contribution < 1.29 is 13.9 Å². The lowest BCUT2D eigenvalue weighted by atomic mass is 10.1. The third-order valence-electron chi connectivity index (χ3n) is 5.50. The largest absolute Gasteiger partial charge is 0.490 e. The first-order valence-corrected chi connectivity index (χ1v) is 11.5. The smallest absolute Gasteiger partial charge is 0.169 e. The highest BCUT2D eigenvalue weighted by Crippen LogP contribution is 2.37. The zero-order valence-electron chi connectivity index (χ0n) is 18.1. The van der Waals surface area contributed by atoms with Crippen molar-refractivity contribution in [3.05, 3.63) is 83.9 Å². The van der Waals surface area contributed by atoms with Crippen LogP contribution in [0.15, 0.2) is 77.9 Å². The molecular formula is C26H23N3O3S. The number of nitrogens with two attached hydrogens (primary N) is 1. The van der Waals surface area contributed by atoms with E-state index in [9.17, 15) is 4.79 Å². The number of hydrogen-bond acceptors (Lipinski definition) is 6. The number of fused-ring (bicyclic) bond motifs is 1. The van der Waals surface area contributed by atoms with Gasteiger partial charge in [0.05, 0.1) is 29.3 Å². The van der Waals surface area contributed by atoms with Crippen LogP contribution in [0.4, 0.5) is 0 Å². The molecule has 1 aromatic carbocycles. The van der Waals surface area contributed by atoms with Gasteiger partial charge in [0.15, 0.2) is 5.78 Å². The number of H-pyrrole nitrogens is 1. The third-order valence-corrected chi connectivity index (χ3v) is 6.72. The van der Waals surface area contributed by atoms with Crippen molar-refractivity contribution in [1.29, 1.82) is 0 Å². The van der Waals surface area contributed by atoms with Gasteiger partial charge in [-0.05, 0) is 49.2 Å². The van der Waals surface area contributed by atoms with Crippen molar-refractivity contribution in [2.45, 2.75) is 19.4 Å². The Kier molecular flexibility index (Phi) is 5.81. The van der Waals surface area contributed by atoms with Crippen LogP contribution in [0.2, 0.25) is 0 Å². The van der Waals surface area contributed by atoms with E-state index in [2.05, 4.69) is 22.1 Å². The third kappa shape index (κ3) is 4.46. The van der Waals surface area contributed by atoms with Crippen LogP contribution in [-0.2, 0) is 6.42 Å². The van der Waals surface area contributed by atoms with E-state index < -0.39 is 0 Å². The summed E-state index contributed by atoms with van der Waals surface area (Å²) in [5.74, 6) is 0.670. The molecule has 7 heteroatoms. The number of furan rings is 1. The Hall–Kier alpha value is -3.68. The first kappa shape index (κ1) is 21.2. The maximum atomic E-state index is 11.8. The first-order chi connectivity index (χ1) is 16.1. The molecule has 0 saturated heterocycles. The number of ether oxygens (including phenoxy) is 1. The number of carbonyl (C=O) groups is 1. The number of aromatic amines is 1. The molecule has 4 aromatic heterocycles. The van der Waals surface area contributed by atoms with Crippen LogP contribution in [0, 0.1) is 0 Å². The van der Waals surface area contributed by atoms with Crippen molar-refractivity contribution in [1.82, 2.24) is 9.97 Å². The second kappa shape index (κ2) is 9.05. The lowest BCUT2D eigenvalue weighted by Gasteiger charge is -2.14. The topological polar surface area (TPSA) is 94.1 Å². The lowest BCUT2D eigenvalue weighted by Crippen LogP contribution is -2.30. The monoisotopic (exact) mass is 457 g/mol. The number of nitrogens with zero attached hydrogens (tertiary/aromatic N) is 1. The summed E-state index contributed by atoms with van der Waals surface area (Å²) in [6.45, 7) is 1.92. The van der Waals surface area contributed by atoms with Crippen molar-refractivity contribution in [2.75, 3.05) is 6.61 Å². The Bertz CT molecular complexity index is 1400. The number of para-hydroxylation sites is 1. The Balaban J connectivity index is 1.36. The molecule has 0 amide bonds. The van der Waals surface area contributed by atoms with Gasteiger partial charge in [0.25, 0.3) is 0 Å². The number of benzene rings is 1. The van der Waals surface area contributed by atoms with Crippen LogP contribution in [0.25, 0.3) is 32.6 Å². The van der Waals surface area contributed by atoms with Gasteiger partial charge >= 0.3 is 0 Å². The van der Waals surface area contributed by atoms with Crippen LogP contribution in [0.5, 0.6) is 5.75 Å². The highest BCUT2D eigenvalue weighted by molar-refractivity contribution is 7.17. The molecule has 0 unspecified atom stereocenters. The van der Waals surface area contributed by atoms with Gasteiger partial charge in [-0.1, -0.05) is 18.2 Å². The van der Waals surface area contributed by atoms with E-state index in [0.717, 1.165) is 27.2 Å². The number of pyridine rings is 1. The SMILES string of the molecule is CC(=O)c1ccc(-c2cc(OC[C@H](N)Cc3c[nH]c4ccccc34)cnc2-c2ccoc2)s1. The summed E-state index contributed by atoms with van der Waals surface area (Å²) in [5.41, 5.74) is 11.2. The van der Waals surface area contributed by atoms with Gasteiger partial charge in [0.1, 0.15) is 12.4 Å². The first-order valence-electron chi connectivity index (χ1n) is 10.7. The molecule has 6 nitrogen and oxygen atoms in total. The molecule has 0 radical (unpaired) electrons. The van der Waals surface area contributed by atoms with Gasteiger partial charge in [-0.3, -0.25) is 9.78 Å². The minimum absolute atomic E-state index is 0.0414. The van der Waals surface area contributed by atoms with Crippen LogP contribution in [0.1, 0.15) is 22.2 Å². The molecule has 5 aromatic rings. The average Bonchev–Trinajstić information content (AvgIpc) is 3.59. The van der Waals surface area contributed by atoms with E-state index in [-0.39, 0.29) is 11.8 Å². The molecule has 3 N–H and O–H groups in total. The number of aromatic nitrogens is 2. The average molecular weight is 458 g/mol. The van der Waals surface area contributed by atoms with Gasteiger partial charge < -0.3 is 19.9 Å². The summed E-state index contributed by atoms with van der Waals surface area (Å²) in [7, 11) is 0. The summed E-state index contributed by atoms with van der Waals surface area (Å²) < 4.78 is 11.3. The highest BCUT2D eigenvalue weighted by atomic mass is 32.1. The van der Waals surface area contributed by atoms with E-state index in [0.29, 0.717) is 23.7 Å². The summed E-state index contributed by atoms with van der Waals surface area (Å²) in [4.78, 5) is 21.4. The van der Waals surface area contributed by atoms with Gasteiger partial charge in [-0.25, -0.2) is 0 Å². The quantitative estimate of drug-likeness (QED) is 0.291. The Morgan fingerprint density at radius 3 is 2.91 bits per heavy atom. The zero-order chi connectivity index (χ0) is 22.8. The molecule has 1 atom stereocenters. The van der Waals surface area contributed by atoms with Crippen LogP contribution >= 0.6 is 11.3 Å². The van der Waals surface area contributed by atoms with Crippen molar-refractivity contribution in [3.8, 4) is 27.4 Å². The fourth-order valence-electron chi connectivity index (χ4n) is 3.86. The summed E-state index contributed by atoms with van der Waals surface area (Å²) in [6.07, 6.45) is 7.68. The second-order valence-electron chi connectivity index (χ2n) is 7.93. The molecule has 0 aliphatic rings. The fourth-order valence-corrected chi connectivity index (χ4v) is 4.78. The Morgan fingerprint density at radius 2 is 2.12 bits per heavy atom. The number of nitrogens with one attached hydrogen (secondary N) is 1. The van der Waals surface area contributed by atoms with E-state index in [1.165, 1.54) is 22.3 Å². The van der Waals surface area contributed by atoms with E-state index >= 15 is 0 Å². The summed E-state index contributed by atoms with van der Waals surface area (Å²) in [5, 5.41) is 1.18. The molecule has 0 aliphatic heterocycles. The van der Waals surface area contributed by atoms with Gasteiger partial charge in [-0.15, -0.1) is 11.3 Å². The van der Waals surface area contributed by atoms with Crippen molar-refractivity contribution >= 4 is 28.0 Å². The number of rotatable bonds is 8. The maximum Gasteiger partial charge on any atom is 0.169 e. The van der Waals surface area contributed by atoms with E-state index in [1.807, 2.05) is 42.6 Å². The van der Waals surface area contributed by atoms with Crippen molar-refractivity contribution in [3.63, 3.8) is 0 Å². The predicted molar refractivity (Wildman–Crippen MR) is 131 cm³/mol. The Labute approximate surface area is 195 Å². The normalized spacial score (nSPS) is 12.2. The molecule has 0 aliphatic carbocycles. The summed E-state index contributed by atoms with van der Waals surface area (Å²) >= 11 is 1.44. The number of ketones is 1. The molecule has 0 bridgehead atoms. The van der Waals surface area contributed by atoms with Crippen LogP contribution in [0.3, 0.4) is 0 Å². The fraction of sp³-hybridized carbons (Fsp3) is 0.154. The van der Waals surface area contributed by atoms with E-state index in [4.69, 9.17) is 14.9 Å². The van der Waals surface area contributed by atoms with Gasteiger partial charge in [-0.2, -0.15) is 0 Å². The number of hydrogen-bond donors (Lipinski definition) is 2. The molecule has 0 fully saturated rings. The van der Waals surface area contributed by atoms with E-state index in [1.54, 1.807) is 25.6 Å². The zero-order valence-corrected chi connectivity index (χ0v) is 18.9. The number of carbonyl (C=O) groups excluding carboxylic acids is 1. The standard InChI is InChI=1S/C26H23N3O3S/c1-16(30)24-6-7-25(33-24)22-11-20(13-29-26(22)17-8-9-31-14-17)32-15-19(27)10-18-12-28-23-5-3-2-4-21(18)23/h2-9,11-14,19,28H,10,15,27H2,1H3/t19-/m1/s1.